The number of benzene rings is 1. The third-order valence-electron chi connectivity index (χ3n) is 2.43. The number of hydrogen-bond acceptors (Lipinski definition) is 2. The van der Waals surface area contributed by atoms with Crippen LogP contribution in [-0.4, -0.2) is 11.3 Å². The van der Waals surface area contributed by atoms with Gasteiger partial charge in [0.25, 0.3) is 0 Å². The summed E-state index contributed by atoms with van der Waals surface area (Å²) in [5.41, 5.74) is -0.226. The first kappa shape index (κ1) is 12.3. The second kappa shape index (κ2) is 4.60. The molecule has 0 aliphatic carbocycles. The van der Waals surface area contributed by atoms with Crippen molar-refractivity contribution in [3.05, 3.63) is 53.7 Å². The molecule has 1 heterocycles. The molecule has 0 fully saturated rings. The van der Waals surface area contributed by atoms with Gasteiger partial charge in [-0.3, -0.25) is 9.78 Å². The fourth-order valence-electron chi connectivity index (χ4n) is 1.59. The van der Waals surface area contributed by atoms with Crippen molar-refractivity contribution < 1.29 is 18.0 Å². The molecule has 5 heteroatoms. The highest BCUT2D eigenvalue weighted by Gasteiger charge is 2.33. The normalized spacial score (nSPS) is 11.3. The first-order valence-corrected chi connectivity index (χ1v) is 5.10. The van der Waals surface area contributed by atoms with Crippen LogP contribution in [0.5, 0.6) is 0 Å². The number of halogens is 3. The summed E-state index contributed by atoms with van der Waals surface area (Å²) < 4.78 is 38.4. The molecule has 0 amide bonds. The van der Waals surface area contributed by atoms with Crippen molar-refractivity contribution in [2.45, 2.75) is 6.18 Å². The fourth-order valence-corrected chi connectivity index (χ4v) is 1.59. The zero-order valence-electron chi connectivity index (χ0n) is 9.11. The number of alkyl halides is 3. The van der Waals surface area contributed by atoms with Crippen LogP contribution in [0.25, 0.3) is 11.3 Å². The maximum Gasteiger partial charge on any atom is 0.417 e. The Morgan fingerprint density at radius 1 is 1.06 bits per heavy atom. The Hall–Kier alpha value is -2.17. The van der Waals surface area contributed by atoms with Crippen molar-refractivity contribution in [3.63, 3.8) is 0 Å². The number of pyridine rings is 1. The quantitative estimate of drug-likeness (QED) is 0.763. The van der Waals surface area contributed by atoms with Crippen LogP contribution in [0.2, 0.25) is 0 Å². The number of carbonyl (C=O) groups is 1. The number of carbonyl (C=O) groups excluding carboxylic acids is 1. The minimum Gasteiger partial charge on any atom is -0.298 e. The Labute approximate surface area is 101 Å². The molecule has 0 spiro atoms. The highest BCUT2D eigenvalue weighted by molar-refractivity contribution is 5.75. The molecule has 1 aromatic carbocycles. The van der Waals surface area contributed by atoms with Crippen molar-refractivity contribution in [2.75, 3.05) is 0 Å². The van der Waals surface area contributed by atoms with E-state index in [1.807, 2.05) is 0 Å². The summed E-state index contributed by atoms with van der Waals surface area (Å²) in [5.74, 6) is 0. The monoisotopic (exact) mass is 251 g/mol. The fraction of sp³-hybridized carbons (Fsp3) is 0.0769. The van der Waals surface area contributed by atoms with E-state index >= 15 is 0 Å². The lowest BCUT2D eigenvalue weighted by molar-refractivity contribution is -0.137. The molecule has 0 saturated carbocycles. The molecule has 2 rings (SSSR count). The maximum atomic E-state index is 12.8. The molecule has 0 N–H and O–H groups in total. The van der Waals surface area contributed by atoms with Crippen molar-refractivity contribution in [3.8, 4) is 11.3 Å². The van der Waals surface area contributed by atoms with E-state index < -0.39 is 11.7 Å². The molecule has 0 saturated heterocycles. The number of hydrogen-bond donors (Lipinski definition) is 0. The van der Waals surface area contributed by atoms with Crippen molar-refractivity contribution >= 4 is 6.29 Å². The topological polar surface area (TPSA) is 30.0 Å². The van der Waals surface area contributed by atoms with E-state index in [1.54, 1.807) is 0 Å². The van der Waals surface area contributed by atoms with Crippen LogP contribution in [0.15, 0.2) is 42.6 Å². The number of nitrogens with zero attached hydrogens (tertiary/aromatic N) is 1. The molecular formula is C13H8F3NO. The van der Waals surface area contributed by atoms with E-state index in [-0.39, 0.29) is 11.3 Å². The number of rotatable bonds is 2. The number of aldehydes is 1. The largest absolute Gasteiger partial charge is 0.417 e. The third-order valence-corrected chi connectivity index (χ3v) is 2.43. The summed E-state index contributed by atoms with van der Waals surface area (Å²) in [4.78, 5) is 14.3. The highest BCUT2D eigenvalue weighted by atomic mass is 19.4. The molecule has 0 unspecified atom stereocenters. The molecule has 2 nitrogen and oxygen atoms in total. The van der Waals surface area contributed by atoms with E-state index in [1.165, 1.54) is 36.5 Å². The Morgan fingerprint density at radius 2 is 1.78 bits per heavy atom. The van der Waals surface area contributed by atoms with Crippen LogP contribution in [0.4, 0.5) is 13.2 Å². The van der Waals surface area contributed by atoms with Gasteiger partial charge in [0.15, 0.2) is 6.29 Å². The van der Waals surface area contributed by atoms with Crippen LogP contribution < -0.4 is 0 Å². The molecule has 0 atom stereocenters. The van der Waals surface area contributed by atoms with Gasteiger partial charge in [-0.15, -0.1) is 0 Å². The summed E-state index contributed by atoms with van der Waals surface area (Å²) in [6, 6.07) is 8.03. The van der Waals surface area contributed by atoms with Crippen molar-refractivity contribution in [1.82, 2.24) is 4.98 Å². The predicted molar refractivity (Wildman–Crippen MR) is 60.1 cm³/mol. The van der Waals surface area contributed by atoms with E-state index in [0.717, 1.165) is 6.07 Å². The van der Waals surface area contributed by atoms with Crippen molar-refractivity contribution in [1.29, 1.82) is 0 Å². The van der Waals surface area contributed by atoms with Crippen LogP contribution in [0.1, 0.15) is 15.9 Å². The van der Waals surface area contributed by atoms with E-state index in [4.69, 9.17) is 0 Å². The van der Waals surface area contributed by atoms with Crippen LogP contribution in [-0.2, 0) is 6.18 Å². The second-order valence-electron chi connectivity index (χ2n) is 3.64. The Balaban J connectivity index is 2.53. The minimum atomic E-state index is -4.43. The number of aromatic nitrogens is 1. The smallest absolute Gasteiger partial charge is 0.298 e. The van der Waals surface area contributed by atoms with Gasteiger partial charge in [0.2, 0.25) is 0 Å². The summed E-state index contributed by atoms with van der Waals surface area (Å²) >= 11 is 0. The molecule has 92 valence electrons. The van der Waals surface area contributed by atoms with Crippen LogP contribution in [0, 0.1) is 0 Å². The SMILES string of the molecule is O=Cc1ccc(-c2ccccc2C(F)(F)F)nc1. The van der Waals surface area contributed by atoms with E-state index in [2.05, 4.69) is 4.98 Å². The van der Waals surface area contributed by atoms with Gasteiger partial charge in [-0.25, -0.2) is 0 Å². The molecule has 18 heavy (non-hydrogen) atoms. The van der Waals surface area contributed by atoms with E-state index in [9.17, 15) is 18.0 Å². The standard InChI is InChI=1S/C13H8F3NO/c14-13(15,16)11-4-2-1-3-10(11)12-6-5-9(8-18)7-17-12/h1-8H. The minimum absolute atomic E-state index is 0.00227. The lowest BCUT2D eigenvalue weighted by Crippen LogP contribution is -2.07. The van der Waals surface area contributed by atoms with Crippen LogP contribution >= 0.6 is 0 Å². The second-order valence-corrected chi connectivity index (χ2v) is 3.64. The van der Waals surface area contributed by atoms with Gasteiger partial charge in [-0.2, -0.15) is 13.2 Å². The molecule has 1 aromatic heterocycles. The Kier molecular flexibility index (Phi) is 3.14. The lowest BCUT2D eigenvalue weighted by atomic mass is 10.0. The first-order chi connectivity index (χ1) is 8.52. The Morgan fingerprint density at radius 3 is 2.33 bits per heavy atom. The average molecular weight is 251 g/mol. The van der Waals surface area contributed by atoms with Gasteiger partial charge in [-0.05, 0) is 18.2 Å². The highest BCUT2D eigenvalue weighted by Crippen LogP contribution is 2.36. The molecule has 2 aromatic rings. The summed E-state index contributed by atoms with van der Waals surface area (Å²) in [6.45, 7) is 0. The van der Waals surface area contributed by atoms with Gasteiger partial charge in [0.1, 0.15) is 0 Å². The van der Waals surface area contributed by atoms with E-state index in [0.29, 0.717) is 11.8 Å². The lowest BCUT2D eigenvalue weighted by Gasteiger charge is -2.11. The van der Waals surface area contributed by atoms with Crippen LogP contribution in [0.3, 0.4) is 0 Å². The summed E-state index contributed by atoms with van der Waals surface area (Å²) in [5, 5.41) is 0. The molecule has 0 aliphatic heterocycles. The first-order valence-electron chi connectivity index (χ1n) is 5.10. The third kappa shape index (κ3) is 2.40. The summed E-state index contributed by atoms with van der Waals surface area (Å²) in [6.07, 6.45) is -2.59. The Bertz CT molecular complexity index is 561. The summed E-state index contributed by atoms with van der Waals surface area (Å²) in [7, 11) is 0. The van der Waals surface area contributed by atoms with Gasteiger partial charge in [0.05, 0.1) is 11.3 Å². The predicted octanol–water partition coefficient (Wildman–Crippen LogP) is 3.58. The molecule has 0 bridgehead atoms. The van der Waals surface area contributed by atoms with Gasteiger partial charge < -0.3 is 0 Å². The van der Waals surface area contributed by atoms with Gasteiger partial charge >= 0.3 is 6.18 Å². The van der Waals surface area contributed by atoms with Crippen molar-refractivity contribution in [2.24, 2.45) is 0 Å². The zero-order valence-corrected chi connectivity index (χ0v) is 9.11. The van der Waals surface area contributed by atoms with Gasteiger partial charge in [0, 0.05) is 17.3 Å². The van der Waals surface area contributed by atoms with Gasteiger partial charge in [-0.1, -0.05) is 18.2 Å². The molecular weight excluding hydrogens is 243 g/mol. The molecule has 0 radical (unpaired) electrons. The maximum absolute atomic E-state index is 12.8. The zero-order chi connectivity index (χ0) is 13.2. The molecule has 0 aliphatic rings. The average Bonchev–Trinajstić information content (AvgIpc) is 2.38.